The first-order valence-electron chi connectivity index (χ1n) is 38.4. The molecular weight excluding hydrogens is 1040 g/mol. The maximum Gasteiger partial charge on any atom is 0.305 e. The summed E-state index contributed by atoms with van der Waals surface area (Å²) < 4.78 is 5.50. The minimum atomic E-state index is -0.845. The minimum absolute atomic E-state index is 0.00999. The molecule has 0 rings (SSSR count). The number of aliphatic hydroxyl groups is 2. The molecule has 6 heteroatoms. The summed E-state index contributed by atoms with van der Waals surface area (Å²) in [7, 11) is 0. The van der Waals surface area contributed by atoms with E-state index in [-0.39, 0.29) is 18.5 Å². The third-order valence-corrected chi connectivity index (χ3v) is 17.8. The first-order chi connectivity index (χ1) is 42.0. The average molecular weight is 1190 g/mol. The highest BCUT2D eigenvalue weighted by molar-refractivity contribution is 5.76. The predicted octanol–water partition coefficient (Wildman–Crippen LogP) is 25.2. The molecule has 2 unspecified atom stereocenters. The van der Waals surface area contributed by atoms with Gasteiger partial charge in [-0.3, -0.25) is 9.59 Å². The molecule has 1 amide bonds. The third kappa shape index (κ3) is 70.8. The Morgan fingerprint density at radius 1 is 0.329 bits per heavy atom. The molecule has 2 atom stereocenters. The van der Waals surface area contributed by atoms with Crippen molar-refractivity contribution in [1.82, 2.24) is 5.32 Å². The van der Waals surface area contributed by atoms with Crippen LogP contribution in [0.2, 0.25) is 0 Å². The lowest BCUT2D eigenvalue weighted by Crippen LogP contribution is -2.45. The van der Waals surface area contributed by atoms with E-state index in [2.05, 4.69) is 55.6 Å². The highest BCUT2D eigenvalue weighted by Gasteiger charge is 2.18. The second kappa shape index (κ2) is 74.3. The molecule has 0 aromatic rings. The normalized spacial score (nSPS) is 12.8. The summed E-state index contributed by atoms with van der Waals surface area (Å²) in [5.41, 5.74) is 0. The number of carbonyl (C=O) groups excluding carboxylic acids is 2. The van der Waals surface area contributed by atoms with Gasteiger partial charge in [-0.2, -0.15) is 0 Å². The Bertz CT molecular complexity index is 1420. The van der Waals surface area contributed by atoms with Crippen molar-refractivity contribution < 1.29 is 24.5 Å². The van der Waals surface area contributed by atoms with E-state index in [0.29, 0.717) is 19.4 Å². The minimum Gasteiger partial charge on any atom is -0.466 e. The zero-order valence-electron chi connectivity index (χ0n) is 57.4. The Morgan fingerprint density at radius 3 is 0.929 bits per heavy atom. The van der Waals surface area contributed by atoms with Gasteiger partial charge in [-0.1, -0.05) is 364 Å². The molecule has 0 heterocycles. The molecule has 0 bridgehead atoms. The van der Waals surface area contributed by atoms with E-state index in [0.717, 1.165) is 51.4 Å². The monoisotopic (exact) mass is 1190 g/mol. The maximum atomic E-state index is 12.5. The van der Waals surface area contributed by atoms with Gasteiger partial charge in [-0.15, -0.1) is 0 Å². The van der Waals surface area contributed by atoms with Crippen LogP contribution in [-0.2, 0) is 14.3 Å². The number of esters is 1. The number of unbranched alkanes of at least 4 members (excludes halogenated alkanes) is 55. The zero-order chi connectivity index (χ0) is 61.3. The van der Waals surface area contributed by atoms with Gasteiger partial charge in [0, 0.05) is 12.8 Å². The van der Waals surface area contributed by atoms with Crippen LogP contribution in [0.3, 0.4) is 0 Å². The van der Waals surface area contributed by atoms with Crippen LogP contribution in [0.1, 0.15) is 418 Å². The van der Waals surface area contributed by atoms with Crippen LogP contribution in [0.5, 0.6) is 0 Å². The summed E-state index contributed by atoms with van der Waals surface area (Å²) in [6.07, 6.45) is 97.9. The van der Waals surface area contributed by atoms with Crippen molar-refractivity contribution in [2.75, 3.05) is 13.2 Å². The third-order valence-electron chi connectivity index (χ3n) is 17.8. The highest BCUT2D eigenvalue weighted by Crippen LogP contribution is 2.19. The lowest BCUT2D eigenvalue weighted by atomic mass is 10.0. The molecule has 0 saturated carbocycles. The topological polar surface area (TPSA) is 95.9 Å². The lowest BCUT2D eigenvalue weighted by Gasteiger charge is -2.20. The van der Waals surface area contributed by atoms with Gasteiger partial charge < -0.3 is 20.3 Å². The van der Waals surface area contributed by atoms with Gasteiger partial charge in [0.05, 0.1) is 25.4 Å². The summed E-state index contributed by atoms with van der Waals surface area (Å²) in [5.74, 6) is -0.0523. The molecule has 0 aliphatic heterocycles. The van der Waals surface area contributed by atoms with E-state index in [1.807, 2.05) is 6.08 Å². The van der Waals surface area contributed by atoms with E-state index in [1.165, 1.54) is 340 Å². The van der Waals surface area contributed by atoms with Crippen molar-refractivity contribution >= 4 is 11.9 Å². The number of allylic oxidation sites excluding steroid dienone is 7. The Balaban J connectivity index is 3.38. The van der Waals surface area contributed by atoms with Crippen molar-refractivity contribution in [2.24, 2.45) is 0 Å². The van der Waals surface area contributed by atoms with Crippen LogP contribution in [-0.4, -0.2) is 47.4 Å². The molecule has 6 nitrogen and oxygen atoms in total. The van der Waals surface area contributed by atoms with Crippen LogP contribution in [0.4, 0.5) is 0 Å². The van der Waals surface area contributed by atoms with Crippen molar-refractivity contribution in [3.63, 3.8) is 0 Å². The Morgan fingerprint density at radius 2 is 0.588 bits per heavy atom. The molecule has 0 spiro atoms. The van der Waals surface area contributed by atoms with Crippen molar-refractivity contribution in [1.29, 1.82) is 0 Å². The molecule has 500 valence electrons. The number of aliphatic hydroxyl groups excluding tert-OH is 2. The number of hydrogen-bond donors (Lipinski definition) is 3. The number of hydrogen-bond acceptors (Lipinski definition) is 5. The standard InChI is InChI=1S/C79H149NO5/c1-3-5-7-9-11-13-15-17-19-21-22-36-40-43-47-51-55-59-63-67-71-77(82)76(75-81)80-78(83)72-68-64-60-56-52-48-44-41-37-34-32-30-28-26-24-23-25-27-29-31-33-35-38-42-46-50-54-58-62-66-70-74-85-79(84)73-69-65-61-57-53-49-45-39-20-18-16-14-12-10-8-6-4-2/h12,14,18,20,25,27,67,71,76-77,81-82H,3-11,13,15-17,19,21-24,26,28-66,68-70,72-75H2,1-2H3,(H,80,83)/b14-12-,20-18-,27-25-,71-67+. The summed E-state index contributed by atoms with van der Waals surface area (Å²) in [5, 5.41) is 23.3. The van der Waals surface area contributed by atoms with E-state index >= 15 is 0 Å². The fourth-order valence-electron chi connectivity index (χ4n) is 12.0. The Labute approximate surface area is 531 Å². The number of amides is 1. The molecule has 0 radical (unpaired) electrons. The SMILES string of the molecule is CCCCC/C=C\C/C=C\CCCCCCCCCC(=O)OCCCCCCCCCCCCCC/C=C\CCCCCCCCCCCCCCCCCC(=O)NC(CO)C(O)/C=C/CCCCCCCCCCCCCCCCCCCC. The second-order valence-corrected chi connectivity index (χ2v) is 26.3. The van der Waals surface area contributed by atoms with Crippen molar-refractivity contribution in [3.05, 3.63) is 48.6 Å². The Hall–Kier alpha value is -2.18. The molecule has 0 aliphatic carbocycles. The highest BCUT2D eigenvalue weighted by atomic mass is 16.5. The largest absolute Gasteiger partial charge is 0.466 e. The van der Waals surface area contributed by atoms with E-state index < -0.39 is 12.1 Å². The quantitative estimate of drug-likeness (QED) is 0.0320. The smallest absolute Gasteiger partial charge is 0.305 e. The van der Waals surface area contributed by atoms with Crippen LogP contribution >= 0.6 is 0 Å². The Kier molecular flexibility index (Phi) is 72.4. The van der Waals surface area contributed by atoms with Gasteiger partial charge in [0.25, 0.3) is 0 Å². The van der Waals surface area contributed by atoms with Crippen LogP contribution in [0.25, 0.3) is 0 Å². The fraction of sp³-hybridized carbons (Fsp3) is 0.873. The molecule has 0 saturated heterocycles. The molecule has 3 N–H and O–H groups in total. The lowest BCUT2D eigenvalue weighted by molar-refractivity contribution is -0.143. The van der Waals surface area contributed by atoms with E-state index in [4.69, 9.17) is 4.74 Å². The fourth-order valence-corrected chi connectivity index (χ4v) is 12.0. The van der Waals surface area contributed by atoms with Gasteiger partial charge in [-0.05, 0) is 89.9 Å². The summed E-state index contributed by atoms with van der Waals surface area (Å²) in [6, 6.07) is -0.628. The molecule has 0 aliphatic rings. The molecule has 0 aromatic carbocycles. The van der Waals surface area contributed by atoms with Crippen LogP contribution < -0.4 is 5.32 Å². The van der Waals surface area contributed by atoms with Gasteiger partial charge in [0.2, 0.25) is 5.91 Å². The van der Waals surface area contributed by atoms with E-state index in [9.17, 15) is 19.8 Å². The van der Waals surface area contributed by atoms with Crippen molar-refractivity contribution in [3.8, 4) is 0 Å². The van der Waals surface area contributed by atoms with Crippen LogP contribution in [0, 0.1) is 0 Å². The van der Waals surface area contributed by atoms with E-state index in [1.54, 1.807) is 6.08 Å². The predicted molar refractivity (Wildman–Crippen MR) is 375 cm³/mol. The number of carbonyl (C=O) groups is 2. The zero-order valence-corrected chi connectivity index (χ0v) is 57.4. The number of nitrogens with one attached hydrogen (secondary N) is 1. The van der Waals surface area contributed by atoms with Gasteiger partial charge in [0.15, 0.2) is 0 Å². The molecule has 0 fully saturated rings. The van der Waals surface area contributed by atoms with Crippen LogP contribution in [0.15, 0.2) is 48.6 Å². The molecule has 85 heavy (non-hydrogen) atoms. The maximum absolute atomic E-state index is 12.5. The second-order valence-electron chi connectivity index (χ2n) is 26.3. The molecular formula is C79H149NO5. The van der Waals surface area contributed by atoms with Gasteiger partial charge in [-0.25, -0.2) is 0 Å². The van der Waals surface area contributed by atoms with Gasteiger partial charge in [0.1, 0.15) is 0 Å². The number of rotatable bonds is 72. The summed E-state index contributed by atoms with van der Waals surface area (Å²) >= 11 is 0. The van der Waals surface area contributed by atoms with Gasteiger partial charge >= 0.3 is 5.97 Å². The molecule has 0 aromatic heterocycles. The number of ether oxygens (including phenoxy) is 1. The summed E-state index contributed by atoms with van der Waals surface area (Å²) in [4.78, 5) is 24.6. The first kappa shape index (κ1) is 82.8. The first-order valence-corrected chi connectivity index (χ1v) is 38.4. The average Bonchev–Trinajstić information content (AvgIpc) is 3.51. The summed E-state index contributed by atoms with van der Waals surface area (Å²) in [6.45, 7) is 4.91. The van der Waals surface area contributed by atoms with Crippen molar-refractivity contribution in [2.45, 2.75) is 431 Å².